The third-order valence-electron chi connectivity index (χ3n) is 9.03. The number of fused-ring (bicyclic) bond motifs is 1. The highest BCUT2D eigenvalue weighted by Crippen LogP contribution is 2.35. The number of rotatable bonds is 8. The third kappa shape index (κ3) is 6.22. The fourth-order valence-electron chi connectivity index (χ4n) is 6.74. The molecule has 4 aromatic rings. The molecule has 1 unspecified atom stereocenters. The van der Waals surface area contributed by atoms with Crippen LogP contribution in [0.25, 0.3) is 22.2 Å². The van der Waals surface area contributed by atoms with Crippen molar-refractivity contribution in [2.75, 3.05) is 26.3 Å². The number of benzene rings is 3. The first-order chi connectivity index (χ1) is 20.2. The smallest absolute Gasteiger partial charge is 0.252 e. The average Bonchev–Trinajstić information content (AvgIpc) is 3.04. The lowest BCUT2D eigenvalue weighted by molar-refractivity contribution is 0.0211. The molecule has 3 heterocycles. The van der Waals surface area contributed by atoms with Gasteiger partial charge in [0.2, 0.25) is 0 Å². The Morgan fingerprint density at radius 3 is 2.27 bits per heavy atom. The summed E-state index contributed by atoms with van der Waals surface area (Å²) in [6.07, 6.45) is 6.24. The largest absolute Gasteiger partial charge is 0.381 e. The van der Waals surface area contributed by atoms with Crippen molar-refractivity contribution in [1.82, 2.24) is 15.2 Å². The maximum atomic E-state index is 14.3. The van der Waals surface area contributed by atoms with Crippen LogP contribution in [0.2, 0.25) is 0 Å². The highest BCUT2D eigenvalue weighted by molar-refractivity contribution is 6.09. The number of amides is 1. The van der Waals surface area contributed by atoms with Crippen LogP contribution in [0.4, 0.5) is 0 Å². The van der Waals surface area contributed by atoms with Gasteiger partial charge in [-0.3, -0.25) is 4.79 Å². The third-order valence-corrected chi connectivity index (χ3v) is 9.03. The summed E-state index contributed by atoms with van der Waals surface area (Å²) in [6.45, 7) is 6.13. The lowest BCUT2D eigenvalue weighted by Crippen LogP contribution is -2.44. The molecule has 0 saturated carbocycles. The van der Waals surface area contributed by atoms with Crippen molar-refractivity contribution in [3.63, 3.8) is 0 Å². The molecule has 5 heteroatoms. The Labute approximate surface area is 243 Å². The lowest BCUT2D eigenvalue weighted by Gasteiger charge is -2.39. The second-order valence-electron chi connectivity index (χ2n) is 11.6. The van der Waals surface area contributed by atoms with Crippen molar-refractivity contribution >= 4 is 16.8 Å². The molecule has 0 spiro atoms. The number of piperidine rings is 1. The van der Waals surface area contributed by atoms with E-state index in [1.54, 1.807) is 0 Å². The van der Waals surface area contributed by atoms with Crippen LogP contribution < -0.4 is 5.32 Å². The summed E-state index contributed by atoms with van der Waals surface area (Å²) in [7, 11) is 0. The van der Waals surface area contributed by atoms with Gasteiger partial charge in [0.25, 0.3) is 5.91 Å². The number of nitrogens with one attached hydrogen (secondary N) is 1. The van der Waals surface area contributed by atoms with Gasteiger partial charge >= 0.3 is 0 Å². The van der Waals surface area contributed by atoms with Gasteiger partial charge in [0.05, 0.1) is 22.8 Å². The van der Waals surface area contributed by atoms with E-state index in [4.69, 9.17) is 9.72 Å². The highest BCUT2D eigenvalue weighted by atomic mass is 16.5. The molecule has 1 aromatic heterocycles. The summed E-state index contributed by atoms with van der Waals surface area (Å²) in [5.41, 5.74) is 5.87. The Morgan fingerprint density at radius 1 is 0.902 bits per heavy atom. The van der Waals surface area contributed by atoms with Gasteiger partial charge < -0.3 is 15.0 Å². The molecule has 41 heavy (non-hydrogen) atoms. The van der Waals surface area contributed by atoms with E-state index in [1.165, 1.54) is 0 Å². The van der Waals surface area contributed by atoms with E-state index in [0.29, 0.717) is 12.0 Å². The molecule has 5 nitrogen and oxygen atoms in total. The fraction of sp³-hybridized carbons (Fsp3) is 0.389. The summed E-state index contributed by atoms with van der Waals surface area (Å²) < 4.78 is 5.61. The predicted octanol–water partition coefficient (Wildman–Crippen LogP) is 7.22. The molecule has 1 amide bonds. The van der Waals surface area contributed by atoms with Crippen molar-refractivity contribution in [1.29, 1.82) is 0 Å². The Bertz CT molecular complexity index is 1440. The zero-order valence-electron chi connectivity index (χ0n) is 24.1. The zero-order chi connectivity index (χ0) is 28.0. The summed E-state index contributed by atoms with van der Waals surface area (Å²) >= 11 is 0. The topological polar surface area (TPSA) is 54.5 Å². The van der Waals surface area contributed by atoms with Crippen molar-refractivity contribution in [3.8, 4) is 11.3 Å². The Kier molecular flexibility index (Phi) is 8.74. The van der Waals surface area contributed by atoms with Gasteiger partial charge in [-0.25, -0.2) is 4.98 Å². The van der Waals surface area contributed by atoms with Gasteiger partial charge in [-0.15, -0.1) is 0 Å². The number of hydrogen-bond donors (Lipinski definition) is 1. The van der Waals surface area contributed by atoms with E-state index >= 15 is 0 Å². The SMILES string of the molecule is CCC(NC(=O)c1c(CC2CCN(C3CCOCC3)CC2)c(-c2ccccc2)nc2ccccc12)c1ccccc1. The van der Waals surface area contributed by atoms with E-state index in [1.807, 2.05) is 42.5 Å². The molecule has 1 atom stereocenters. The van der Waals surface area contributed by atoms with Crippen LogP contribution >= 0.6 is 0 Å². The van der Waals surface area contributed by atoms with Gasteiger partial charge in [-0.1, -0.05) is 85.8 Å². The van der Waals surface area contributed by atoms with E-state index in [9.17, 15) is 4.79 Å². The highest BCUT2D eigenvalue weighted by Gasteiger charge is 2.30. The number of carbonyl (C=O) groups excluding carboxylic acids is 1. The van der Waals surface area contributed by atoms with Crippen molar-refractivity contribution < 1.29 is 9.53 Å². The van der Waals surface area contributed by atoms with Gasteiger partial charge in [0, 0.05) is 30.2 Å². The van der Waals surface area contributed by atoms with Crippen LogP contribution in [0.5, 0.6) is 0 Å². The molecule has 2 saturated heterocycles. The maximum absolute atomic E-state index is 14.3. The normalized spacial score (nSPS) is 17.9. The molecule has 2 fully saturated rings. The van der Waals surface area contributed by atoms with Crippen LogP contribution in [0, 0.1) is 5.92 Å². The molecular weight excluding hydrogens is 506 g/mol. The van der Waals surface area contributed by atoms with E-state index in [0.717, 1.165) is 104 Å². The van der Waals surface area contributed by atoms with Gasteiger partial charge in [-0.05, 0) is 74.7 Å². The minimum Gasteiger partial charge on any atom is -0.381 e. The molecule has 1 N–H and O–H groups in total. The predicted molar refractivity (Wildman–Crippen MR) is 166 cm³/mol. The number of nitrogens with zero attached hydrogens (tertiary/aromatic N) is 2. The number of carbonyl (C=O) groups is 1. The standard InChI is InChI=1S/C36H41N3O2/c1-2-32(27-11-5-3-6-12-27)38-36(40)34-30-15-9-10-16-33(30)37-35(28-13-7-4-8-14-28)31(34)25-26-17-21-39(22-18-26)29-19-23-41-24-20-29/h3-16,26,29,32H,2,17-25H2,1H3,(H,38,40). The average molecular weight is 548 g/mol. The minimum atomic E-state index is -0.0497. The van der Waals surface area contributed by atoms with Crippen molar-refractivity contribution in [2.45, 2.75) is 57.5 Å². The van der Waals surface area contributed by atoms with E-state index in [2.05, 4.69) is 59.6 Å². The first-order valence-electron chi connectivity index (χ1n) is 15.4. The first-order valence-corrected chi connectivity index (χ1v) is 15.4. The number of pyridine rings is 1. The summed E-state index contributed by atoms with van der Waals surface area (Å²) in [5.74, 6) is 0.505. The van der Waals surface area contributed by atoms with Crippen LogP contribution in [-0.2, 0) is 11.2 Å². The minimum absolute atomic E-state index is 0.00822. The van der Waals surface area contributed by atoms with Crippen LogP contribution in [0.3, 0.4) is 0 Å². The maximum Gasteiger partial charge on any atom is 0.252 e. The second kappa shape index (κ2) is 13.0. The van der Waals surface area contributed by atoms with Crippen LogP contribution in [-0.4, -0.2) is 48.1 Å². The number of ether oxygens (including phenoxy) is 1. The lowest BCUT2D eigenvalue weighted by atomic mass is 9.84. The molecule has 2 aliphatic heterocycles. The Morgan fingerprint density at radius 2 is 1.56 bits per heavy atom. The molecular formula is C36H41N3O2. The van der Waals surface area contributed by atoms with Crippen LogP contribution in [0.15, 0.2) is 84.9 Å². The molecule has 3 aromatic carbocycles. The number of likely N-dealkylation sites (tertiary alicyclic amines) is 1. The Hall–Kier alpha value is -3.54. The Balaban J connectivity index is 1.37. The van der Waals surface area contributed by atoms with Gasteiger partial charge in [-0.2, -0.15) is 0 Å². The quantitative estimate of drug-likeness (QED) is 0.253. The molecule has 0 aliphatic carbocycles. The summed E-state index contributed by atoms with van der Waals surface area (Å²) in [5, 5.41) is 4.34. The molecule has 6 rings (SSSR count). The summed E-state index contributed by atoms with van der Waals surface area (Å²) in [4.78, 5) is 22.2. The molecule has 0 radical (unpaired) electrons. The second-order valence-corrected chi connectivity index (χ2v) is 11.6. The van der Waals surface area contributed by atoms with Crippen molar-refractivity contribution in [3.05, 3.63) is 102 Å². The summed E-state index contributed by atoms with van der Waals surface area (Å²) in [6, 6.07) is 29.4. The fourth-order valence-corrected chi connectivity index (χ4v) is 6.74. The van der Waals surface area contributed by atoms with E-state index in [-0.39, 0.29) is 11.9 Å². The van der Waals surface area contributed by atoms with Crippen molar-refractivity contribution in [2.24, 2.45) is 5.92 Å². The monoisotopic (exact) mass is 547 g/mol. The van der Waals surface area contributed by atoms with E-state index < -0.39 is 0 Å². The zero-order valence-corrected chi connectivity index (χ0v) is 24.1. The molecule has 2 aliphatic rings. The number of aromatic nitrogens is 1. The van der Waals surface area contributed by atoms with Gasteiger partial charge in [0.1, 0.15) is 0 Å². The molecule has 0 bridgehead atoms. The number of hydrogen-bond acceptors (Lipinski definition) is 4. The van der Waals surface area contributed by atoms with Gasteiger partial charge in [0.15, 0.2) is 0 Å². The first kappa shape index (κ1) is 27.6. The number of para-hydroxylation sites is 1. The molecule has 212 valence electrons. The van der Waals surface area contributed by atoms with Crippen LogP contribution in [0.1, 0.15) is 66.6 Å².